The van der Waals surface area contributed by atoms with Gasteiger partial charge >= 0.3 is 5.97 Å². The molecule has 0 saturated heterocycles. The molecular formula is C16H20BrNO3. The molecule has 0 radical (unpaired) electrons. The van der Waals surface area contributed by atoms with Crippen LogP contribution in [0.3, 0.4) is 0 Å². The van der Waals surface area contributed by atoms with E-state index in [9.17, 15) is 14.7 Å². The highest BCUT2D eigenvalue weighted by Crippen LogP contribution is 2.36. The van der Waals surface area contributed by atoms with E-state index < -0.39 is 11.4 Å². The summed E-state index contributed by atoms with van der Waals surface area (Å²) < 4.78 is 0.951. The highest BCUT2D eigenvalue weighted by Gasteiger charge is 2.43. The van der Waals surface area contributed by atoms with Crippen molar-refractivity contribution >= 4 is 27.8 Å². The van der Waals surface area contributed by atoms with Crippen LogP contribution < -0.4 is 5.32 Å². The number of aryl methyl sites for hydroxylation is 1. The molecular weight excluding hydrogens is 334 g/mol. The van der Waals surface area contributed by atoms with E-state index in [1.807, 2.05) is 13.0 Å². The Bertz CT molecular complexity index is 573. The zero-order valence-corrected chi connectivity index (χ0v) is 13.9. The Hall–Kier alpha value is -1.36. The van der Waals surface area contributed by atoms with Crippen LogP contribution in [0.1, 0.15) is 48.5 Å². The maximum atomic E-state index is 12.4. The van der Waals surface area contributed by atoms with Crippen LogP contribution in [0.25, 0.3) is 0 Å². The van der Waals surface area contributed by atoms with Gasteiger partial charge in [0.15, 0.2) is 0 Å². The number of carbonyl (C=O) groups excluding carboxylic acids is 1. The molecule has 5 heteroatoms. The number of aliphatic carboxylic acids is 1. The van der Waals surface area contributed by atoms with Crippen molar-refractivity contribution in [3.63, 3.8) is 0 Å². The average Bonchev–Trinajstić information content (AvgIpc) is 2.44. The predicted molar refractivity (Wildman–Crippen MR) is 84.3 cm³/mol. The molecule has 0 bridgehead atoms. The number of carbonyl (C=O) groups is 2. The van der Waals surface area contributed by atoms with E-state index in [1.165, 1.54) is 0 Å². The SMILES string of the molecule is Cc1cc(C(=O)NC2CCCCC2(C)C(=O)O)ccc1Br. The van der Waals surface area contributed by atoms with Gasteiger partial charge in [-0.1, -0.05) is 28.8 Å². The number of nitrogens with one attached hydrogen (secondary N) is 1. The molecule has 0 aliphatic heterocycles. The van der Waals surface area contributed by atoms with Crippen LogP contribution in [0.15, 0.2) is 22.7 Å². The van der Waals surface area contributed by atoms with Crippen LogP contribution >= 0.6 is 15.9 Å². The molecule has 2 N–H and O–H groups in total. The second-order valence-electron chi connectivity index (χ2n) is 5.96. The number of halogens is 1. The van der Waals surface area contributed by atoms with E-state index in [0.717, 1.165) is 22.9 Å². The van der Waals surface area contributed by atoms with Crippen molar-refractivity contribution in [3.8, 4) is 0 Å². The van der Waals surface area contributed by atoms with Gasteiger partial charge < -0.3 is 10.4 Å². The molecule has 1 aromatic rings. The van der Waals surface area contributed by atoms with E-state index in [-0.39, 0.29) is 11.9 Å². The summed E-state index contributed by atoms with van der Waals surface area (Å²) in [5.74, 6) is -1.04. The fourth-order valence-corrected chi connectivity index (χ4v) is 3.10. The summed E-state index contributed by atoms with van der Waals surface area (Å²) in [6, 6.07) is 5.06. The zero-order valence-electron chi connectivity index (χ0n) is 12.3. The quantitative estimate of drug-likeness (QED) is 0.873. The predicted octanol–water partition coefficient (Wildman–Crippen LogP) is 3.52. The van der Waals surface area contributed by atoms with Crippen molar-refractivity contribution < 1.29 is 14.7 Å². The zero-order chi connectivity index (χ0) is 15.6. The average molecular weight is 354 g/mol. The maximum Gasteiger partial charge on any atom is 0.311 e. The first-order valence-electron chi connectivity index (χ1n) is 7.15. The summed E-state index contributed by atoms with van der Waals surface area (Å²) in [7, 11) is 0. The first-order valence-corrected chi connectivity index (χ1v) is 7.94. The van der Waals surface area contributed by atoms with Crippen LogP contribution in [0.5, 0.6) is 0 Å². The van der Waals surface area contributed by atoms with E-state index in [2.05, 4.69) is 21.2 Å². The first-order chi connectivity index (χ1) is 9.84. The Morgan fingerprint density at radius 1 is 1.38 bits per heavy atom. The summed E-state index contributed by atoms with van der Waals surface area (Å²) in [5.41, 5.74) is 0.666. The third-order valence-electron chi connectivity index (χ3n) is 4.42. The number of amides is 1. The summed E-state index contributed by atoms with van der Waals surface area (Å²) in [5, 5.41) is 12.4. The molecule has 2 atom stereocenters. The Morgan fingerprint density at radius 2 is 2.10 bits per heavy atom. The van der Waals surface area contributed by atoms with E-state index in [4.69, 9.17) is 0 Å². The first kappa shape index (κ1) is 16.0. The molecule has 0 spiro atoms. The molecule has 1 aromatic carbocycles. The second kappa shape index (κ2) is 6.18. The molecule has 4 nitrogen and oxygen atoms in total. The third kappa shape index (κ3) is 3.28. The minimum absolute atomic E-state index is 0.204. The van der Waals surface area contributed by atoms with Crippen molar-refractivity contribution in [2.45, 2.75) is 45.6 Å². The number of benzene rings is 1. The smallest absolute Gasteiger partial charge is 0.311 e. The van der Waals surface area contributed by atoms with E-state index in [0.29, 0.717) is 18.4 Å². The fraction of sp³-hybridized carbons (Fsp3) is 0.500. The fourth-order valence-electron chi connectivity index (χ4n) is 2.85. The molecule has 1 aliphatic rings. The number of carboxylic acid groups (broad SMARTS) is 1. The van der Waals surface area contributed by atoms with Gasteiger partial charge in [-0.25, -0.2) is 0 Å². The minimum Gasteiger partial charge on any atom is -0.481 e. The van der Waals surface area contributed by atoms with Gasteiger partial charge in [0.25, 0.3) is 5.91 Å². The highest BCUT2D eigenvalue weighted by atomic mass is 79.9. The largest absolute Gasteiger partial charge is 0.481 e. The molecule has 114 valence electrons. The van der Waals surface area contributed by atoms with Gasteiger partial charge in [0.1, 0.15) is 0 Å². The highest BCUT2D eigenvalue weighted by molar-refractivity contribution is 9.10. The van der Waals surface area contributed by atoms with Crippen LogP contribution in [0.2, 0.25) is 0 Å². The summed E-state index contributed by atoms with van der Waals surface area (Å²) in [4.78, 5) is 23.9. The molecule has 0 aromatic heterocycles. The van der Waals surface area contributed by atoms with Crippen molar-refractivity contribution in [2.24, 2.45) is 5.41 Å². The lowest BCUT2D eigenvalue weighted by molar-refractivity contribution is -0.151. The van der Waals surface area contributed by atoms with Crippen molar-refractivity contribution in [1.29, 1.82) is 0 Å². The lowest BCUT2D eigenvalue weighted by Crippen LogP contribution is -2.52. The third-order valence-corrected chi connectivity index (χ3v) is 5.31. The minimum atomic E-state index is -0.877. The summed E-state index contributed by atoms with van der Waals surface area (Å²) in [6.45, 7) is 3.65. The Balaban J connectivity index is 2.17. The standard InChI is InChI=1S/C16H20BrNO3/c1-10-9-11(6-7-12(10)17)14(19)18-13-5-3-4-8-16(13,2)15(20)21/h6-7,9,13H,3-5,8H2,1-2H3,(H,18,19)(H,20,21). The van der Waals surface area contributed by atoms with Crippen molar-refractivity contribution in [2.75, 3.05) is 0 Å². The molecule has 21 heavy (non-hydrogen) atoms. The normalized spacial score (nSPS) is 25.4. The lowest BCUT2D eigenvalue weighted by atomic mass is 9.71. The van der Waals surface area contributed by atoms with Gasteiger partial charge in [-0.05, 0) is 50.5 Å². The van der Waals surface area contributed by atoms with Crippen molar-refractivity contribution in [3.05, 3.63) is 33.8 Å². The van der Waals surface area contributed by atoms with Gasteiger partial charge in [0.05, 0.1) is 5.41 Å². The maximum absolute atomic E-state index is 12.4. The Morgan fingerprint density at radius 3 is 2.71 bits per heavy atom. The molecule has 2 rings (SSSR count). The summed E-state index contributed by atoms with van der Waals surface area (Å²) >= 11 is 3.40. The van der Waals surface area contributed by atoms with E-state index >= 15 is 0 Å². The second-order valence-corrected chi connectivity index (χ2v) is 6.81. The van der Waals surface area contributed by atoms with E-state index in [1.54, 1.807) is 19.1 Å². The monoisotopic (exact) mass is 353 g/mol. The Kier molecular flexibility index (Phi) is 4.71. The molecule has 1 amide bonds. The summed E-state index contributed by atoms with van der Waals surface area (Å²) in [6.07, 6.45) is 3.16. The van der Waals surface area contributed by atoms with Crippen LogP contribution in [0.4, 0.5) is 0 Å². The van der Waals surface area contributed by atoms with Gasteiger partial charge in [-0.15, -0.1) is 0 Å². The molecule has 1 fully saturated rings. The number of hydrogen-bond acceptors (Lipinski definition) is 2. The van der Waals surface area contributed by atoms with Crippen LogP contribution in [-0.2, 0) is 4.79 Å². The molecule has 1 saturated carbocycles. The molecule has 2 unspecified atom stereocenters. The molecule has 1 aliphatic carbocycles. The van der Waals surface area contributed by atoms with Crippen LogP contribution in [-0.4, -0.2) is 23.0 Å². The number of hydrogen-bond donors (Lipinski definition) is 2. The lowest BCUT2D eigenvalue weighted by Gasteiger charge is -2.38. The van der Waals surface area contributed by atoms with Gasteiger partial charge in [0.2, 0.25) is 0 Å². The van der Waals surface area contributed by atoms with Gasteiger partial charge in [-0.2, -0.15) is 0 Å². The number of carboxylic acids is 1. The topological polar surface area (TPSA) is 66.4 Å². The van der Waals surface area contributed by atoms with Crippen LogP contribution in [0, 0.1) is 12.3 Å². The van der Waals surface area contributed by atoms with Gasteiger partial charge in [0, 0.05) is 16.1 Å². The molecule has 0 heterocycles. The number of rotatable bonds is 3. The Labute approximate surface area is 133 Å². The van der Waals surface area contributed by atoms with Crippen molar-refractivity contribution in [1.82, 2.24) is 5.32 Å². The van der Waals surface area contributed by atoms with Gasteiger partial charge in [-0.3, -0.25) is 9.59 Å².